The number of carbonyl (C=O) groups excluding carboxylic acids is 1. The Labute approximate surface area is 124 Å². The number of aliphatic imine (C=N–C) groups is 1. The van der Waals surface area contributed by atoms with Crippen molar-refractivity contribution in [3.8, 4) is 0 Å². The van der Waals surface area contributed by atoms with E-state index in [0.29, 0.717) is 12.1 Å². The molecule has 2 rings (SSSR count). The zero-order chi connectivity index (χ0) is 16.3. The normalized spacial score (nSPS) is 15.8. The highest BCUT2D eigenvalue weighted by Crippen LogP contribution is 2.25. The van der Waals surface area contributed by atoms with Crippen molar-refractivity contribution < 1.29 is 27.8 Å². The van der Waals surface area contributed by atoms with Crippen molar-refractivity contribution in [3.05, 3.63) is 40.7 Å². The summed E-state index contributed by atoms with van der Waals surface area (Å²) in [5.74, 6) is -5.70. The SMILES string of the molecule is CCOC(=O)/C(C=NC1CC1)=C(/O)c1cc(F)c(F)cc1F. The van der Waals surface area contributed by atoms with Crippen LogP contribution >= 0.6 is 0 Å². The van der Waals surface area contributed by atoms with E-state index in [0.717, 1.165) is 19.1 Å². The number of halogens is 3. The summed E-state index contributed by atoms with van der Waals surface area (Å²) in [4.78, 5) is 15.9. The number of carbonyl (C=O) groups is 1. The lowest BCUT2D eigenvalue weighted by Gasteiger charge is -2.08. The second kappa shape index (κ2) is 6.64. The van der Waals surface area contributed by atoms with E-state index in [1.165, 1.54) is 0 Å². The molecule has 0 saturated heterocycles. The van der Waals surface area contributed by atoms with E-state index in [1.807, 2.05) is 0 Å². The van der Waals surface area contributed by atoms with Crippen LogP contribution in [0.4, 0.5) is 13.2 Å². The fourth-order valence-corrected chi connectivity index (χ4v) is 1.67. The first-order valence-electron chi connectivity index (χ1n) is 6.72. The number of benzene rings is 1. The summed E-state index contributed by atoms with van der Waals surface area (Å²) in [7, 11) is 0. The predicted molar refractivity (Wildman–Crippen MR) is 74.0 cm³/mol. The van der Waals surface area contributed by atoms with Gasteiger partial charge < -0.3 is 9.84 Å². The second-order valence-corrected chi connectivity index (χ2v) is 4.74. The van der Waals surface area contributed by atoms with Crippen LogP contribution in [0.2, 0.25) is 0 Å². The Morgan fingerprint density at radius 3 is 2.55 bits per heavy atom. The lowest BCUT2D eigenvalue weighted by atomic mass is 10.1. The maximum absolute atomic E-state index is 13.7. The van der Waals surface area contributed by atoms with E-state index in [2.05, 4.69) is 4.99 Å². The van der Waals surface area contributed by atoms with Crippen molar-refractivity contribution >= 4 is 17.9 Å². The third kappa shape index (κ3) is 3.66. The van der Waals surface area contributed by atoms with Crippen LogP contribution in [0.25, 0.3) is 5.76 Å². The van der Waals surface area contributed by atoms with Crippen LogP contribution in [0.15, 0.2) is 22.7 Å². The molecule has 0 heterocycles. The Hall–Kier alpha value is -2.31. The van der Waals surface area contributed by atoms with Gasteiger partial charge in [-0.1, -0.05) is 0 Å². The Balaban J connectivity index is 2.47. The number of aliphatic hydroxyl groups is 1. The zero-order valence-corrected chi connectivity index (χ0v) is 11.8. The number of ether oxygens (including phenoxy) is 1. The van der Waals surface area contributed by atoms with Gasteiger partial charge in [-0.25, -0.2) is 18.0 Å². The van der Waals surface area contributed by atoms with E-state index in [9.17, 15) is 23.1 Å². The van der Waals surface area contributed by atoms with Crippen molar-refractivity contribution in [1.29, 1.82) is 0 Å². The van der Waals surface area contributed by atoms with Gasteiger partial charge in [-0.05, 0) is 25.8 Å². The highest BCUT2D eigenvalue weighted by Gasteiger charge is 2.23. The molecule has 4 nitrogen and oxygen atoms in total. The minimum Gasteiger partial charge on any atom is -0.506 e. The molecule has 7 heteroatoms. The van der Waals surface area contributed by atoms with E-state index >= 15 is 0 Å². The summed E-state index contributed by atoms with van der Waals surface area (Å²) in [5.41, 5.74) is -1.04. The van der Waals surface area contributed by atoms with Gasteiger partial charge >= 0.3 is 5.97 Å². The van der Waals surface area contributed by atoms with Crippen LogP contribution in [0.5, 0.6) is 0 Å². The predicted octanol–water partition coefficient (Wildman–Crippen LogP) is 3.17. The summed E-state index contributed by atoms with van der Waals surface area (Å²) >= 11 is 0. The van der Waals surface area contributed by atoms with Gasteiger partial charge in [0.1, 0.15) is 17.1 Å². The molecule has 1 N–H and O–H groups in total. The van der Waals surface area contributed by atoms with Gasteiger partial charge in [0.25, 0.3) is 0 Å². The molecule has 1 aliphatic rings. The average Bonchev–Trinajstić information content (AvgIpc) is 3.27. The van der Waals surface area contributed by atoms with E-state index in [4.69, 9.17) is 4.74 Å². The first-order chi connectivity index (χ1) is 10.4. The first kappa shape index (κ1) is 16.1. The Bertz CT molecular complexity index is 652. The van der Waals surface area contributed by atoms with Gasteiger partial charge in [0, 0.05) is 12.3 Å². The van der Waals surface area contributed by atoms with E-state index < -0.39 is 40.3 Å². The summed E-state index contributed by atoms with van der Waals surface area (Å²) in [6.07, 6.45) is 2.78. The first-order valence-corrected chi connectivity index (χ1v) is 6.72. The molecule has 0 atom stereocenters. The largest absolute Gasteiger partial charge is 0.506 e. The van der Waals surface area contributed by atoms with Crippen molar-refractivity contribution in [2.75, 3.05) is 6.61 Å². The second-order valence-electron chi connectivity index (χ2n) is 4.74. The molecule has 0 aliphatic heterocycles. The molecule has 0 amide bonds. The number of hydrogen-bond donors (Lipinski definition) is 1. The average molecular weight is 313 g/mol. The molecule has 1 aliphatic carbocycles. The van der Waals surface area contributed by atoms with Gasteiger partial charge in [0.15, 0.2) is 11.6 Å². The summed E-state index contributed by atoms with van der Waals surface area (Å²) in [6.45, 7) is 1.59. The molecule has 0 aromatic heterocycles. The van der Waals surface area contributed by atoms with Crippen molar-refractivity contribution in [3.63, 3.8) is 0 Å². The van der Waals surface area contributed by atoms with Crippen molar-refractivity contribution in [1.82, 2.24) is 0 Å². The molecule has 1 fully saturated rings. The van der Waals surface area contributed by atoms with Crippen LogP contribution in [0, 0.1) is 17.5 Å². The molecule has 1 aromatic rings. The summed E-state index contributed by atoms with van der Waals surface area (Å²) < 4.78 is 44.6. The summed E-state index contributed by atoms with van der Waals surface area (Å²) in [6, 6.07) is 0.818. The molecule has 22 heavy (non-hydrogen) atoms. The number of aliphatic hydroxyl groups excluding tert-OH is 1. The molecular formula is C15H14F3NO3. The van der Waals surface area contributed by atoms with Crippen molar-refractivity contribution in [2.45, 2.75) is 25.8 Å². The minimum absolute atomic E-state index is 0.0349. The van der Waals surface area contributed by atoms with Gasteiger partial charge in [-0.3, -0.25) is 4.99 Å². The molecule has 1 saturated carbocycles. The summed E-state index contributed by atoms with van der Waals surface area (Å²) in [5, 5.41) is 10.1. The lowest BCUT2D eigenvalue weighted by Crippen LogP contribution is -2.12. The van der Waals surface area contributed by atoms with E-state index in [1.54, 1.807) is 6.92 Å². The van der Waals surface area contributed by atoms with Crippen LogP contribution in [0.1, 0.15) is 25.3 Å². The molecule has 0 bridgehead atoms. The molecule has 1 aromatic carbocycles. The Morgan fingerprint density at radius 1 is 1.32 bits per heavy atom. The van der Waals surface area contributed by atoms with Crippen LogP contribution in [-0.2, 0) is 9.53 Å². The molecule has 118 valence electrons. The molecule has 0 radical (unpaired) electrons. The van der Waals surface area contributed by atoms with Gasteiger partial charge in [0.2, 0.25) is 0 Å². The maximum atomic E-state index is 13.7. The third-order valence-corrected chi connectivity index (χ3v) is 2.98. The fraction of sp³-hybridized carbons (Fsp3) is 0.333. The minimum atomic E-state index is -1.39. The Morgan fingerprint density at radius 2 is 1.95 bits per heavy atom. The van der Waals surface area contributed by atoms with Gasteiger partial charge in [0.05, 0.1) is 18.2 Å². The molecule has 0 spiro atoms. The van der Waals surface area contributed by atoms with Crippen LogP contribution in [0.3, 0.4) is 0 Å². The molecular weight excluding hydrogens is 299 g/mol. The Kier molecular flexibility index (Phi) is 4.85. The lowest BCUT2D eigenvalue weighted by molar-refractivity contribution is -0.137. The third-order valence-electron chi connectivity index (χ3n) is 2.98. The smallest absolute Gasteiger partial charge is 0.343 e. The standard InChI is InChI=1S/C15H14F3NO3/c1-2-22-15(21)10(7-19-8-3-4-8)14(20)9-5-12(17)13(18)6-11(9)16/h5-8,20H,2-4H2,1H3/b14-10+,19-7?. The van der Waals surface area contributed by atoms with E-state index in [-0.39, 0.29) is 12.6 Å². The monoisotopic (exact) mass is 313 g/mol. The topological polar surface area (TPSA) is 58.9 Å². The van der Waals surface area contributed by atoms with Gasteiger partial charge in [-0.15, -0.1) is 0 Å². The quantitative estimate of drug-likeness (QED) is 0.299. The maximum Gasteiger partial charge on any atom is 0.343 e. The zero-order valence-electron chi connectivity index (χ0n) is 11.8. The highest BCUT2D eigenvalue weighted by atomic mass is 19.2. The number of nitrogens with zero attached hydrogens (tertiary/aromatic N) is 1. The fourth-order valence-electron chi connectivity index (χ4n) is 1.67. The van der Waals surface area contributed by atoms with Crippen LogP contribution in [-0.4, -0.2) is 29.9 Å². The molecule has 0 unspecified atom stereocenters. The highest BCUT2D eigenvalue weighted by molar-refractivity contribution is 6.15. The number of hydrogen-bond acceptors (Lipinski definition) is 4. The number of esters is 1. The van der Waals surface area contributed by atoms with Crippen molar-refractivity contribution in [2.24, 2.45) is 4.99 Å². The van der Waals surface area contributed by atoms with Crippen LogP contribution < -0.4 is 0 Å². The number of rotatable bonds is 5. The van der Waals surface area contributed by atoms with Gasteiger partial charge in [-0.2, -0.15) is 0 Å².